The molecule has 1 heterocycles. The Morgan fingerprint density at radius 3 is 2.30 bits per heavy atom. The van der Waals surface area contributed by atoms with Crippen molar-refractivity contribution in [3.05, 3.63) is 11.6 Å². The molecule has 6 aliphatic rings. The van der Waals surface area contributed by atoms with Gasteiger partial charge in [0.05, 0.1) is 18.6 Å². The summed E-state index contributed by atoms with van der Waals surface area (Å²) < 4.78 is 12.7. The molecule has 0 bridgehead atoms. The molecule has 4 saturated carbocycles. The van der Waals surface area contributed by atoms with E-state index in [1.165, 1.54) is 6.92 Å². The minimum atomic E-state index is -1.34. The highest BCUT2D eigenvalue weighted by atomic mass is 16.7. The molecule has 14 atom stereocenters. The van der Waals surface area contributed by atoms with Gasteiger partial charge in [-0.15, -0.1) is 0 Å². The molecular weight excluding hydrogens is 598 g/mol. The zero-order valence-corrected chi connectivity index (χ0v) is 29.9. The van der Waals surface area contributed by atoms with Gasteiger partial charge in [0.1, 0.15) is 24.4 Å². The molecule has 0 spiro atoms. The highest BCUT2D eigenvalue weighted by Gasteiger charge is 2.68. The number of carbonyl (C=O) groups is 2. The molecule has 266 valence electrons. The normalized spacial score (nSPS) is 50.1. The van der Waals surface area contributed by atoms with E-state index in [-0.39, 0.29) is 50.9 Å². The highest BCUT2D eigenvalue weighted by Crippen LogP contribution is 2.75. The largest absolute Gasteiger partial charge is 0.481 e. The van der Waals surface area contributed by atoms with Crippen molar-refractivity contribution < 1.29 is 39.5 Å². The number of aliphatic hydroxyl groups excluding tert-OH is 3. The van der Waals surface area contributed by atoms with Crippen LogP contribution in [-0.4, -0.2) is 75.7 Å². The summed E-state index contributed by atoms with van der Waals surface area (Å²) in [5.74, 6) is 0.187. The minimum absolute atomic E-state index is 0.0133. The topological polar surface area (TPSA) is 146 Å². The maximum absolute atomic E-state index is 12.5. The number of carbonyl (C=O) groups excluding carboxylic acids is 1. The van der Waals surface area contributed by atoms with Crippen LogP contribution in [0.2, 0.25) is 0 Å². The van der Waals surface area contributed by atoms with Crippen molar-refractivity contribution in [3.63, 3.8) is 0 Å². The monoisotopic (exact) mass is 659 g/mol. The predicted octanol–water partition coefficient (Wildman–Crippen LogP) is 5.06. The molecule has 9 nitrogen and oxygen atoms in total. The number of amides is 1. The summed E-state index contributed by atoms with van der Waals surface area (Å²) in [5.41, 5.74) is 1.55. The maximum Gasteiger partial charge on any atom is 0.306 e. The summed E-state index contributed by atoms with van der Waals surface area (Å²) in [7, 11) is 0. The van der Waals surface area contributed by atoms with Gasteiger partial charge < -0.3 is 35.2 Å². The van der Waals surface area contributed by atoms with Crippen LogP contribution in [0.3, 0.4) is 0 Å². The third-order valence-electron chi connectivity index (χ3n) is 15.3. The number of aliphatic hydroxyl groups is 3. The molecule has 47 heavy (non-hydrogen) atoms. The number of ether oxygens (including phenoxy) is 2. The number of rotatable bonds is 5. The molecule has 5 aliphatic carbocycles. The zero-order chi connectivity index (χ0) is 34.5. The molecule has 1 saturated heterocycles. The lowest BCUT2D eigenvalue weighted by Crippen LogP contribution is -2.67. The van der Waals surface area contributed by atoms with E-state index in [0.29, 0.717) is 17.8 Å². The maximum atomic E-state index is 12.5. The average molecular weight is 660 g/mol. The van der Waals surface area contributed by atoms with Crippen LogP contribution in [0.5, 0.6) is 0 Å². The van der Waals surface area contributed by atoms with Crippen LogP contribution in [0.15, 0.2) is 11.6 Å². The first kappa shape index (κ1) is 35.3. The van der Waals surface area contributed by atoms with Crippen molar-refractivity contribution in [2.75, 3.05) is 6.61 Å². The summed E-state index contributed by atoms with van der Waals surface area (Å²) in [5, 5.41) is 44.3. The van der Waals surface area contributed by atoms with E-state index in [9.17, 15) is 30.0 Å². The van der Waals surface area contributed by atoms with Gasteiger partial charge in [0.25, 0.3) is 0 Å². The van der Waals surface area contributed by atoms with E-state index >= 15 is 0 Å². The van der Waals surface area contributed by atoms with Gasteiger partial charge >= 0.3 is 5.97 Å². The number of fused-ring (bicyclic) bond motifs is 7. The fourth-order valence-corrected chi connectivity index (χ4v) is 12.8. The number of aliphatic carboxylic acids is 1. The van der Waals surface area contributed by atoms with Crippen molar-refractivity contribution in [2.45, 2.75) is 150 Å². The van der Waals surface area contributed by atoms with Crippen LogP contribution in [-0.2, 0) is 19.1 Å². The van der Waals surface area contributed by atoms with Gasteiger partial charge in [-0.2, -0.15) is 0 Å². The van der Waals surface area contributed by atoms with Crippen LogP contribution < -0.4 is 5.32 Å². The van der Waals surface area contributed by atoms with E-state index in [4.69, 9.17) is 9.47 Å². The van der Waals surface area contributed by atoms with Crippen LogP contribution in [0, 0.1) is 56.7 Å². The number of nitrogens with one attached hydrogen (secondary N) is 1. The number of carboxylic acids is 1. The van der Waals surface area contributed by atoms with E-state index in [1.807, 2.05) is 0 Å². The third kappa shape index (κ3) is 5.35. The van der Waals surface area contributed by atoms with E-state index in [1.54, 1.807) is 5.57 Å². The Balaban J connectivity index is 1.27. The van der Waals surface area contributed by atoms with Crippen molar-refractivity contribution in [1.82, 2.24) is 5.32 Å². The summed E-state index contributed by atoms with van der Waals surface area (Å²) in [6.07, 6.45) is 6.55. The second-order valence-corrected chi connectivity index (χ2v) is 18.5. The molecule has 6 rings (SSSR count). The van der Waals surface area contributed by atoms with Crippen molar-refractivity contribution in [3.8, 4) is 0 Å². The van der Waals surface area contributed by atoms with Crippen molar-refractivity contribution in [2.24, 2.45) is 56.7 Å². The number of hydrogen-bond acceptors (Lipinski definition) is 7. The predicted molar refractivity (Wildman–Crippen MR) is 177 cm³/mol. The second-order valence-electron chi connectivity index (χ2n) is 18.5. The summed E-state index contributed by atoms with van der Waals surface area (Å²) in [6, 6.07) is -0.952. The summed E-state index contributed by atoms with van der Waals surface area (Å²) >= 11 is 0. The number of hydrogen-bond donors (Lipinski definition) is 5. The average Bonchev–Trinajstić information content (AvgIpc) is 2.97. The van der Waals surface area contributed by atoms with Crippen LogP contribution in [0.4, 0.5) is 0 Å². The molecule has 0 aromatic rings. The van der Waals surface area contributed by atoms with E-state index in [2.05, 4.69) is 59.9 Å². The van der Waals surface area contributed by atoms with Crippen molar-refractivity contribution in [1.29, 1.82) is 0 Å². The summed E-state index contributed by atoms with van der Waals surface area (Å²) in [4.78, 5) is 24.5. The van der Waals surface area contributed by atoms with Crippen LogP contribution in [0.25, 0.3) is 0 Å². The first-order valence-corrected chi connectivity index (χ1v) is 18.3. The minimum Gasteiger partial charge on any atom is -0.481 e. The molecule has 1 amide bonds. The van der Waals surface area contributed by atoms with E-state index in [0.717, 1.165) is 57.8 Å². The number of carboxylic acid groups (broad SMARTS) is 1. The molecule has 0 aromatic heterocycles. The Bertz CT molecular complexity index is 1280. The molecular formula is C38H61NO8. The third-order valence-corrected chi connectivity index (χ3v) is 15.3. The quantitative estimate of drug-likeness (QED) is 0.204. The van der Waals surface area contributed by atoms with Gasteiger partial charge in [0.2, 0.25) is 5.91 Å². The van der Waals surface area contributed by atoms with E-state index < -0.39 is 43.2 Å². The van der Waals surface area contributed by atoms with Crippen LogP contribution in [0.1, 0.15) is 113 Å². The van der Waals surface area contributed by atoms with Gasteiger partial charge in [-0.1, -0.05) is 60.1 Å². The lowest BCUT2D eigenvalue weighted by molar-refractivity contribution is -0.306. The van der Waals surface area contributed by atoms with Gasteiger partial charge in [-0.25, -0.2) is 0 Å². The molecule has 0 aromatic carbocycles. The molecule has 1 aliphatic heterocycles. The smallest absolute Gasteiger partial charge is 0.306 e. The zero-order valence-electron chi connectivity index (χ0n) is 29.9. The Labute approximate surface area is 281 Å². The fourth-order valence-electron chi connectivity index (χ4n) is 12.8. The molecule has 5 fully saturated rings. The number of allylic oxidation sites excluding steroid dienone is 2. The highest BCUT2D eigenvalue weighted by molar-refractivity contribution is 5.73. The molecule has 0 radical (unpaired) electrons. The Kier molecular flexibility index (Phi) is 8.85. The second kappa shape index (κ2) is 11.8. The summed E-state index contributed by atoms with van der Waals surface area (Å²) in [6.45, 7) is 17.6. The van der Waals surface area contributed by atoms with Gasteiger partial charge in [-0.05, 0) is 109 Å². The lowest BCUT2D eigenvalue weighted by atomic mass is 9.34. The Morgan fingerprint density at radius 1 is 0.957 bits per heavy atom. The van der Waals surface area contributed by atoms with Gasteiger partial charge in [-0.3, -0.25) is 9.59 Å². The lowest BCUT2D eigenvalue weighted by Gasteiger charge is -2.71. The molecule has 4 unspecified atom stereocenters. The van der Waals surface area contributed by atoms with Crippen molar-refractivity contribution >= 4 is 11.9 Å². The fraction of sp³-hybridized carbons (Fsp3) is 0.895. The Morgan fingerprint density at radius 2 is 1.66 bits per heavy atom. The first-order chi connectivity index (χ1) is 21.8. The Hall–Kier alpha value is -1.52. The SMILES string of the molecule is CC(=O)N[C@H]1[C@H](O[C@H]2CC[C@@]3(C)C(CC[C@]4(C)C3CC=C3C5CC(C)(C)C[C@@H](C(=O)O)C5CC[C@]34C)C2(C)C)O[C@H](CO)[C@@H](O)[C@@H]1O. The molecule has 5 N–H and O–H groups in total. The standard InChI is InChI=1S/C38H61NO8/c1-20(41)39-29-31(43)30(42)25(19-40)46-33(29)47-28-13-14-36(6)26(35(28,4)5)12-16-38(8)27(36)10-9-24-22-17-34(2,3)18-23(32(44)45)21(22)11-15-37(24,38)7/h9,21-23,25-31,33,40,42-43H,10-19H2,1-8H3,(H,39,41)(H,44,45)/t21?,22?,23-,25-,26?,27?,28+,29-,30-,31-,33+,36+,37-,38-/m1/s1. The van der Waals surface area contributed by atoms with Crippen LogP contribution >= 0.6 is 0 Å². The van der Waals surface area contributed by atoms with Gasteiger partial charge in [0.15, 0.2) is 6.29 Å². The van der Waals surface area contributed by atoms with Gasteiger partial charge in [0, 0.05) is 6.92 Å². The first-order valence-electron chi connectivity index (χ1n) is 18.3. The molecule has 9 heteroatoms.